The van der Waals surface area contributed by atoms with Crippen LogP contribution < -0.4 is 5.32 Å². The van der Waals surface area contributed by atoms with Crippen molar-refractivity contribution in [2.24, 2.45) is 5.92 Å². The van der Waals surface area contributed by atoms with Crippen molar-refractivity contribution in [2.45, 2.75) is 44.8 Å². The highest BCUT2D eigenvalue weighted by Crippen LogP contribution is 2.36. The molecule has 3 nitrogen and oxygen atoms in total. The molecule has 1 aromatic heterocycles. The third-order valence-corrected chi connectivity index (χ3v) is 4.82. The van der Waals surface area contributed by atoms with Crippen LogP contribution >= 0.6 is 11.6 Å². The van der Waals surface area contributed by atoms with Crippen LogP contribution in [0.3, 0.4) is 0 Å². The molecule has 2 fully saturated rings. The summed E-state index contributed by atoms with van der Waals surface area (Å²) in [6.07, 6.45) is 6.35. The van der Waals surface area contributed by atoms with Gasteiger partial charge in [-0.15, -0.1) is 0 Å². The first-order chi connectivity index (χ1) is 9.06. The third kappa shape index (κ3) is 2.93. The molecule has 4 heteroatoms. The van der Waals surface area contributed by atoms with Crippen molar-refractivity contribution in [3.8, 4) is 0 Å². The van der Waals surface area contributed by atoms with Gasteiger partial charge in [0.25, 0.3) is 0 Å². The number of pyridine rings is 1. The molecule has 2 heterocycles. The van der Waals surface area contributed by atoms with Gasteiger partial charge in [-0.2, -0.15) is 0 Å². The summed E-state index contributed by atoms with van der Waals surface area (Å²) >= 11 is 6.24. The van der Waals surface area contributed by atoms with Gasteiger partial charge in [0, 0.05) is 43.6 Å². The van der Waals surface area contributed by atoms with Crippen LogP contribution in [-0.2, 0) is 6.54 Å². The summed E-state index contributed by atoms with van der Waals surface area (Å²) in [6, 6.07) is 2.70. The number of halogens is 1. The number of hydrogen-bond donors (Lipinski definition) is 1. The molecule has 1 saturated heterocycles. The van der Waals surface area contributed by atoms with Gasteiger partial charge in [-0.3, -0.25) is 9.88 Å². The second-order valence-corrected chi connectivity index (χ2v) is 6.89. The molecule has 1 saturated carbocycles. The maximum Gasteiger partial charge on any atom is 0.0634 e. The molecule has 1 unspecified atom stereocenters. The van der Waals surface area contributed by atoms with Gasteiger partial charge >= 0.3 is 0 Å². The highest BCUT2D eigenvalue weighted by Gasteiger charge is 2.40. The highest BCUT2D eigenvalue weighted by atomic mass is 35.5. The first-order valence-corrected chi connectivity index (χ1v) is 7.51. The fraction of sp³-hybridized carbons (Fsp3) is 0.667. The molecule has 1 aromatic rings. The topological polar surface area (TPSA) is 28.2 Å². The minimum Gasteiger partial charge on any atom is -0.311 e. The Balaban J connectivity index is 1.74. The Morgan fingerprint density at radius 1 is 1.47 bits per heavy atom. The third-order valence-electron chi connectivity index (χ3n) is 4.48. The Bertz CT molecular complexity index is 456. The van der Waals surface area contributed by atoms with Gasteiger partial charge in [0.15, 0.2) is 0 Å². The van der Waals surface area contributed by atoms with Gasteiger partial charge in [0.05, 0.1) is 5.02 Å². The number of hydrogen-bond acceptors (Lipinski definition) is 3. The zero-order valence-corrected chi connectivity index (χ0v) is 12.5. The van der Waals surface area contributed by atoms with Crippen molar-refractivity contribution >= 4 is 11.6 Å². The molecular formula is C15H22ClN3. The van der Waals surface area contributed by atoms with E-state index in [0.717, 1.165) is 30.6 Å². The number of aromatic nitrogens is 1. The standard InChI is InChI=1S/C15H22ClN3/c1-15(2)10-18-14(11-3-4-11)9-19(15)8-12-5-6-17-7-13(12)16/h5-7,11,14,18H,3-4,8-10H2,1-2H3. The lowest BCUT2D eigenvalue weighted by molar-refractivity contribution is 0.0534. The molecule has 0 bridgehead atoms. The van der Waals surface area contributed by atoms with Crippen molar-refractivity contribution in [2.75, 3.05) is 13.1 Å². The lowest BCUT2D eigenvalue weighted by Gasteiger charge is -2.46. The van der Waals surface area contributed by atoms with Crippen molar-refractivity contribution in [1.82, 2.24) is 15.2 Å². The summed E-state index contributed by atoms with van der Waals surface area (Å²) in [5, 5.41) is 4.49. The van der Waals surface area contributed by atoms with E-state index in [1.807, 2.05) is 12.3 Å². The largest absolute Gasteiger partial charge is 0.311 e. The summed E-state index contributed by atoms with van der Waals surface area (Å²) in [4.78, 5) is 6.63. The molecule has 1 N–H and O–H groups in total. The monoisotopic (exact) mass is 279 g/mol. The van der Waals surface area contributed by atoms with Crippen molar-refractivity contribution in [3.05, 3.63) is 29.0 Å². The fourth-order valence-electron chi connectivity index (χ4n) is 2.87. The van der Waals surface area contributed by atoms with E-state index in [1.165, 1.54) is 18.4 Å². The predicted molar refractivity (Wildman–Crippen MR) is 78.3 cm³/mol. The molecule has 0 spiro atoms. The minimum absolute atomic E-state index is 0.179. The van der Waals surface area contributed by atoms with Gasteiger partial charge in [0.1, 0.15) is 0 Å². The van der Waals surface area contributed by atoms with Crippen molar-refractivity contribution in [3.63, 3.8) is 0 Å². The molecule has 1 aliphatic carbocycles. The molecule has 3 rings (SSSR count). The molecule has 19 heavy (non-hydrogen) atoms. The molecule has 1 aliphatic heterocycles. The normalized spacial score (nSPS) is 27.4. The summed E-state index contributed by atoms with van der Waals surface area (Å²) in [7, 11) is 0. The van der Waals surface area contributed by atoms with Crippen molar-refractivity contribution < 1.29 is 0 Å². The number of piperazine rings is 1. The summed E-state index contributed by atoms with van der Waals surface area (Å²) in [5.74, 6) is 0.895. The van der Waals surface area contributed by atoms with Crippen molar-refractivity contribution in [1.29, 1.82) is 0 Å². The van der Waals surface area contributed by atoms with Gasteiger partial charge in [-0.25, -0.2) is 0 Å². The number of nitrogens with one attached hydrogen (secondary N) is 1. The SMILES string of the molecule is CC1(C)CNC(C2CC2)CN1Cc1ccncc1Cl. The van der Waals surface area contributed by atoms with E-state index < -0.39 is 0 Å². The second kappa shape index (κ2) is 5.04. The Kier molecular flexibility index (Phi) is 3.54. The molecule has 0 radical (unpaired) electrons. The predicted octanol–water partition coefficient (Wildman–Crippen LogP) is 2.70. The van der Waals surface area contributed by atoms with Crippen LogP contribution in [-0.4, -0.2) is 34.6 Å². The lowest BCUT2D eigenvalue weighted by atomic mass is 9.95. The summed E-state index contributed by atoms with van der Waals surface area (Å²) in [6.45, 7) is 7.70. The van der Waals surface area contributed by atoms with Crippen LogP contribution in [0.2, 0.25) is 5.02 Å². The van der Waals surface area contributed by atoms with E-state index >= 15 is 0 Å². The van der Waals surface area contributed by atoms with Crippen LogP contribution in [0.5, 0.6) is 0 Å². The van der Waals surface area contributed by atoms with E-state index in [0.29, 0.717) is 6.04 Å². The van der Waals surface area contributed by atoms with E-state index in [4.69, 9.17) is 11.6 Å². The minimum atomic E-state index is 0.179. The molecule has 2 aliphatic rings. The Hall–Kier alpha value is -0.640. The van der Waals surface area contributed by atoms with E-state index in [-0.39, 0.29) is 5.54 Å². The number of nitrogens with zero attached hydrogens (tertiary/aromatic N) is 2. The average Bonchev–Trinajstić information content (AvgIpc) is 3.18. The quantitative estimate of drug-likeness (QED) is 0.922. The van der Waals surface area contributed by atoms with E-state index in [2.05, 4.69) is 29.0 Å². The average molecular weight is 280 g/mol. The van der Waals surface area contributed by atoms with Crippen LogP contribution in [0.25, 0.3) is 0 Å². The lowest BCUT2D eigenvalue weighted by Crippen LogP contribution is -2.62. The van der Waals surface area contributed by atoms with Gasteiger partial charge in [-0.1, -0.05) is 11.6 Å². The van der Waals surface area contributed by atoms with E-state index in [9.17, 15) is 0 Å². The number of rotatable bonds is 3. The molecule has 0 aromatic carbocycles. The second-order valence-electron chi connectivity index (χ2n) is 6.48. The Labute approximate surface area is 120 Å². The maximum atomic E-state index is 6.24. The van der Waals surface area contributed by atoms with Gasteiger partial charge in [-0.05, 0) is 44.2 Å². The van der Waals surface area contributed by atoms with Gasteiger partial charge < -0.3 is 5.32 Å². The molecule has 1 atom stereocenters. The maximum absolute atomic E-state index is 6.24. The van der Waals surface area contributed by atoms with Crippen LogP contribution in [0.1, 0.15) is 32.3 Å². The summed E-state index contributed by atoms with van der Waals surface area (Å²) < 4.78 is 0. The zero-order valence-electron chi connectivity index (χ0n) is 11.7. The van der Waals surface area contributed by atoms with Crippen LogP contribution in [0, 0.1) is 5.92 Å². The van der Waals surface area contributed by atoms with Crippen LogP contribution in [0.4, 0.5) is 0 Å². The smallest absolute Gasteiger partial charge is 0.0634 e. The highest BCUT2D eigenvalue weighted by molar-refractivity contribution is 6.31. The van der Waals surface area contributed by atoms with Gasteiger partial charge in [0.2, 0.25) is 0 Å². The van der Waals surface area contributed by atoms with E-state index in [1.54, 1.807) is 6.20 Å². The molecule has 0 amide bonds. The first-order valence-electron chi connectivity index (χ1n) is 7.13. The fourth-order valence-corrected chi connectivity index (χ4v) is 3.05. The van der Waals surface area contributed by atoms with Crippen LogP contribution in [0.15, 0.2) is 18.5 Å². The molecular weight excluding hydrogens is 258 g/mol. The zero-order chi connectivity index (χ0) is 13.5. The Morgan fingerprint density at radius 3 is 2.95 bits per heavy atom. The molecule has 104 valence electrons. The summed E-state index contributed by atoms with van der Waals surface area (Å²) in [5.41, 5.74) is 1.36. The Morgan fingerprint density at radius 2 is 2.26 bits per heavy atom. The first kappa shape index (κ1) is 13.3.